The second kappa shape index (κ2) is 8.66. The summed E-state index contributed by atoms with van der Waals surface area (Å²) in [4.78, 5) is 12.5. The van der Waals surface area contributed by atoms with E-state index in [0.717, 1.165) is 15.4 Å². The van der Waals surface area contributed by atoms with Crippen LogP contribution < -0.4 is 10.1 Å². The molecule has 2 rings (SSSR count). The molecule has 0 aromatic heterocycles. The van der Waals surface area contributed by atoms with Crippen molar-refractivity contribution in [2.75, 3.05) is 19.4 Å². The van der Waals surface area contributed by atoms with E-state index in [1.807, 2.05) is 0 Å². The minimum absolute atomic E-state index is 0.00188. The summed E-state index contributed by atoms with van der Waals surface area (Å²) in [5, 5.41) is 2.72. The van der Waals surface area contributed by atoms with Gasteiger partial charge in [-0.05, 0) is 54.8 Å². The molecule has 9 heteroatoms. The van der Waals surface area contributed by atoms with E-state index in [9.17, 15) is 22.0 Å². The number of halogens is 2. The predicted molar refractivity (Wildman–Crippen MR) is 102 cm³/mol. The number of hydrogen-bond acceptors (Lipinski definition) is 4. The topological polar surface area (TPSA) is 75.7 Å². The first kappa shape index (κ1) is 21.8. The molecule has 0 aliphatic rings. The number of carbonyl (C=O) groups excluding carboxylic acids is 1. The molecule has 1 N–H and O–H groups in total. The van der Waals surface area contributed by atoms with Crippen LogP contribution in [0.4, 0.5) is 14.5 Å². The molecular weight excluding hydrogens is 390 g/mol. The van der Waals surface area contributed by atoms with Gasteiger partial charge in [-0.2, -0.15) is 8.78 Å². The summed E-state index contributed by atoms with van der Waals surface area (Å²) in [5.74, 6) is -0.350. The Morgan fingerprint density at radius 2 is 1.75 bits per heavy atom. The van der Waals surface area contributed by atoms with E-state index in [-0.39, 0.29) is 23.0 Å². The van der Waals surface area contributed by atoms with Crippen LogP contribution in [0, 0.1) is 13.8 Å². The van der Waals surface area contributed by atoms with Crippen LogP contribution in [0.15, 0.2) is 41.3 Å². The maximum atomic E-state index is 12.4. The number of benzene rings is 2. The van der Waals surface area contributed by atoms with Gasteiger partial charge in [0.05, 0.1) is 11.3 Å². The van der Waals surface area contributed by atoms with Gasteiger partial charge in [0.25, 0.3) is 0 Å². The highest BCUT2D eigenvalue weighted by atomic mass is 32.2. The van der Waals surface area contributed by atoms with E-state index in [1.165, 1.54) is 44.4 Å². The maximum Gasteiger partial charge on any atom is 0.387 e. The van der Waals surface area contributed by atoms with Gasteiger partial charge in [0.15, 0.2) is 0 Å². The van der Waals surface area contributed by atoms with E-state index in [1.54, 1.807) is 19.9 Å². The Balaban J connectivity index is 2.18. The smallest absolute Gasteiger partial charge is 0.387 e. The first-order valence-corrected chi connectivity index (χ1v) is 9.82. The highest BCUT2D eigenvalue weighted by Gasteiger charge is 2.20. The molecule has 0 aliphatic heterocycles. The van der Waals surface area contributed by atoms with Crippen LogP contribution in [0.3, 0.4) is 0 Å². The molecule has 0 fully saturated rings. The summed E-state index contributed by atoms with van der Waals surface area (Å²) in [7, 11) is -0.772. The third-order valence-electron chi connectivity index (χ3n) is 4.21. The SMILES string of the molecule is Cc1cc(S(=O)(=O)N(C)C)cc(NC(=O)Cc2ccc(OC(F)F)cc2)c1C. The van der Waals surface area contributed by atoms with Crippen LogP contribution in [-0.4, -0.2) is 39.3 Å². The van der Waals surface area contributed by atoms with Gasteiger partial charge < -0.3 is 10.1 Å². The monoisotopic (exact) mass is 412 g/mol. The van der Waals surface area contributed by atoms with Gasteiger partial charge in [0.2, 0.25) is 15.9 Å². The van der Waals surface area contributed by atoms with Gasteiger partial charge >= 0.3 is 6.61 Å². The van der Waals surface area contributed by atoms with Crippen LogP contribution in [-0.2, 0) is 21.2 Å². The Kier molecular flexibility index (Phi) is 6.73. The third-order valence-corrected chi connectivity index (χ3v) is 6.00. The first-order valence-electron chi connectivity index (χ1n) is 8.38. The van der Waals surface area contributed by atoms with Crippen molar-refractivity contribution in [2.45, 2.75) is 31.8 Å². The lowest BCUT2D eigenvalue weighted by molar-refractivity contribution is -0.115. The van der Waals surface area contributed by atoms with Crippen molar-refractivity contribution in [3.63, 3.8) is 0 Å². The van der Waals surface area contributed by atoms with Crippen molar-refractivity contribution in [1.82, 2.24) is 4.31 Å². The van der Waals surface area contributed by atoms with Gasteiger partial charge in [0, 0.05) is 19.8 Å². The standard InChI is InChI=1S/C19H22F2N2O4S/c1-12-9-16(28(25,26)23(3)4)11-17(13(12)2)22-18(24)10-14-5-7-15(8-6-14)27-19(20)21/h5-9,11,19H,10H2,1-4H3,(H,22,24). The van der Waals surface area contributed by atoms with E-state index in [0.29, 0.717) is 11.3 Å². The number of nitrogens with one attached hydrogen (secondary N) is 1. The van der Waals surface area contributed by atoms with Crippen molar-refractivity contribution in [3.8, 4) is 5.75 Å². The molecular formula is C19H22F2N2O4S. The highest BCUT2D eigenvalue weighted by Crippen LogP contribution is 2.26. The van der Waals surface area contributed by atoms with Crippen molar-refractivity contribution in [2.24, 2.45) is 0 Å². The van der Waals surface area contributed by atoms with Gasteiger partial charge in [-0.15, -0.1) is 0 Å². The van der Waals surface area contributed by atoms with E-state index >= 15 is 0 Å². The summed E-state index contributed by atoms with van der Waals surface area (Å²) >= 11 is 0. The molecule has 0 bridgehead atoms. The summed E-state index contributed by atoms with van der Waals surface area (Å²) in [6.07, 6.45) is -0.00188. The third kappa shape index (κ3) is 5.26. The van der Waals surface area contributed by atoms with Gasteiger partial charge in [0.1, 0.15) is 5.75 Å². The van der Waals surface area contributed by atoms with Crippen LogP contribution in [0.1, 0.15) is 16.7 Å². The van der Waals surface area contributed by atoms with Crippen molar-refractivity contribution in [3.05, 3.63) is 53.1 Å². The Morgan fingerprint density at radius 3 is 2.29 bits per heavy atom. The van der Waals surface area contributed by atoms with Crippen molar-refractivity contribution in [1.29, 1.82) is 0 Å². The number of anilines is 1. The quantitative estimate of drug-likeness (QED) is 0.757. The molecule has 0 radical (unpaired) electrons. The molecule has 0 saturated carbocycles. The van der Waals surface area contributed by atoms with Gasteiger partial charge in [-0.1, -0.05) is 12.1 Å². The Hall–Kier alpha value is -2.52. The second-order valence-corrected chi connectivity index (χ2v) is 8.60. The molecule has 28 heavy (non-hydrogen) atoms. The molecule has 2 aromatic carbocycles. The van der Waals surface area contributed by atoms with E-state index < -0.39 is 16.6 Å². The Labute approximate surface area is 163 Å². The van der Waals surface area contributed by atoms with E-state index in [2.05, 4.69) is 10.1 Å². The molecule has 0 unspecified atom stereocenters. The van der Waals surface area contributed by atoms with Gasteiger partial charge in [-0.25, -0.2) is 12.7 Å². The van der Waals surface area contributed by atoms with Crippen molar-refractivity contribution >= 4 is 21.6 Å². The summed E-state index contributed by atoms with van der Waals surface area (Å²) in [6, 6.07) is 8.73. The average molecular weight is 412 g/mol. The molecule has 152 valence electrons. The normalized spacial score (nSPS) is 11.7. The number of sulfonamides is 1. The number of hydrogen-bond donors (Lipinski definition) is 1. The number of nitrogens with zero attached hydrogens (tertiary/aromatic N) is 1. The molecule has 2 aromatic rings. The fourth-order valence-electron chi connectivity index (χ4n) is 2.48. The Bertz CT molecular complexity index is 959. The number of carbonyl (C=O) groups is 1. The fourth-order valence-corrected chi connectivity index (χ4v) is 3.50. The van der Waals surface area contributed by atoms with Crippen molar-refractivity contribution < 1.29 is 26.7 Å². The predicted octanol–water partition coefficient (Wildman–Crippen LogP) is 3.34. The summed E-state index contributed by atoms with van der Waals surface area (Å²) < 4.78 is 54.5. The lowest BCUT2D eigenvalue weighted by Crippen LogP contribution is -2.23. The molecule has 0 spiro atoms. The lowest BCUT2D eigenvalue weighted by atomic mass is 10.1. The zero-order chi connectivity index (χ0) is 21.1. The summed E-state index contributed by atoms with van der Waals surface area (Å²) in [6.45, 7) is 0.639. The molecule has 0 aliphatic carbocycles. The number of amides is 1. The van der Waals surface area contributed by atoms with Crippen LogP contribution in [0.2, 0.25) is 0 Å². The molecule has 6 nitrogen and oxygen atoms in total. The Morgan fingerprint density at radius 1 is 1.14 bits per heavy atom. The van der Waals surface area contributed by atoms with Gasteiger partial charge in [-0.3, -0.25) is 4.79 Å². The summed E-state index contributed by atoms with van der Waals surface area (Å²) in [5.41, 5.74) is 2.49. The molecule has 1 amide bonds. The number of aryl methyl sites for hydroxylation is 1. The highest BCUT2D eigenvalue weighted by molar-refractivity contribution is 7.89. The van der Waals surface area contributed by atoms with Crippen LogP contribution in [0.5, 0.6) is 5.75 Å². The van der Waals surface area contributed by atoms with Crippen LogP contribution >= 0.6 is 0 Å². The molecule has 0 heterocycles. The number of alkyl halides is 2. The molecule has 0 atom stereocenters. The number of rotatable bonds is 7. The lowest BCUT2D eigenvalue weighted by Gasteiger charge is -2.16. The van der Waals surface area contributed by atoms with E-state index in [4.69, 9.17) is 0 Å². The first-order chi connectivity index (χ1) is 13.0. The zero-order valence-electron chi connectivity index (χ0n) is 16.0. The number of ether oxygens (including phenoxy) is 1. The maximum absolute atomic E-state index is 12.4. The second-order valence-electron chi connectivity index (χ2n) is 6.45. The van der Waals surface area contributed by atoms with Crippen LogP contribution in [0.25, 0.3) is 0 Å². The molecule has 0 saturated heterocycles. The zero-order valence-corrected chi connectivity index (χ0v) is 16.8. The average Bonchev–Trinajstić information content (AvgIpc) is 2.59. The largest absolute Gasteiger partial charge is 0.435 e. The fraction of sp³-hybridized carbons (Fsp3) is 0.316. The minimum atomic E-state index is -3.64. The minimum Gasteiger partial charge on any atom is -0.435 e.